The largest absolute Gasteiger partial charge is 0.310 e. The summed E-state index contributed by atoms with van der Waals surface area (Å²) < 4.78 is 4.03. The lowest BCUT2D eigenvalue weighted by atomic mass is 10.1. The Morgan fingerprint density at radius 3 is 1.17 bits per heavy atom. The third-order valence-electron chi connectivity index (χ3n) is 5.19. The molecule has 2 heterocycles. The third-order valence-corrected chi connectivity index (χ3v) is 5.19. The highest BCUT2D eigenvalue weighted by Crippen LogP contribution is 2.28. The van der Waals surface area contributed by atoms with Crippen molar-refractivity contribution in [2.24, 2.45) is 14.1 Å². The van der Waals surface area contributed by atoms with E-state index in [2.05, 4.69) is 26.5 Å². The Morgan fingerprint density at radius 2 is 0.767 bits per heavy atom. The molecule has 0 aliphatic heterocycles. The maximum absolute atomic E-state index is 4.44. The van der Waals surface area contributed by atoms with Gasteiger partial charge in [0.05, 0.1) is 0 Å². The van der Waals surface area contributed by atoms with E-state index >= 15 is 0 Å². The lowest BCUT2D eigenvalue weighted by molar-refractivity contribution is 0.926. The van der Waals surface area contributed by atoms with Crippen molar-refractivity contribution in [3.8, 4) is 45.6 Å². The quantitative estimate of drug-likeness (QED) is 0.448. The van der Waals surface area contributed by atoms with E-state index in [1.54, 1.807) is 0 Å². The zero-order valence-electron chi connectivity index (χ0n) is 16.8. The van der Waals surface area contributed by atoms with E-state index in [9.17, 15) is 0 Å². The van der Waals surface area contributed by atoms with E-state index < -0.39 is 0 Å². The van der Waals surface area contributed by atoms with Crippen molar-refractivity contribution in [1.82, 2.24) is 29.5 Å². The molecule has 0 atom stereocenters. The Hall–Kier alpha value is -4.06. The molecule has 0 amide bonds. The fraction of sp³-hybridized carbons (Fsp3) is 0.0833. The summed E-state index contributed by atoms with van der Waals surface area (Å²) in [5, 5.41) is 17.7. The van der Waals surface area contributed by atoms with Gasteiger partial charge in [-0.05, 0) is 6.07 Å². The van der Waals surface area contributed by atoms with Crippen LogP contribution in [0.25, 0.3) is 45.6 Å². The minimum absolute atomic E-state index is 0.807. The first-order valence-corrected chi connectivity index (χ1v) is 9.73. The molecule has 0 saturated carbocycles. The Bertz CT molecular complexity index is 1200. The summed E-state index contributed by atoms with van der Waals surface area (Å²) in [6.07, 6.45) is 0. The van der Waals surface area contributed by atoms with Gasteiger partial charge in [0.15, 0.2) is 23.3 Å². The van der Waals surface area contributed by atoms with Crippen molar-refractivity contribution >= 4 is 0 Å². The second-order valence-electron chi connectivity index (χ2n) is 7.13. The highest BCUT2D eigenvalue weighted by molar-refractivity contribution is 5.70. The van der Waals surface area contributed by atoms with E-state index in [4.69, 9.17) is 0 Å². The van der Waals surface area contributed by atoms with Gasteiger partial charge in [0.25, 0.3) is 0 Å². The molecule has 3 aromatic carbocycles. The minimum Gasteiger partial charge on any atom is -0.310 e. The smallest absolute Gasteiger partial charge is 0.163 e. The predicted octanol–water partition coefficient (Wildman–Crippen LogP) is 4.61. The van der Waals surface area contributed by atoms with Gasteiger partial charge in [-0.25, -0.2) is 0 Å². The van der Waals surface area contributed by atoms with Crippen LogP contribution in [0.5, 0.6) is 0 Å². The molecule has 5 rings (SSSR count). The van der Waals surface area contributed by atoms with Crippen molar-refractivity contribution in [2.45, 2.75) is 0 Å². The molecule has 6 heteroatoms. The van der Waals surface area contributed by atoms with Crippen LogP contribution in [0.15, 0.2) is 84.9 Å². The molecule has 0 fully saturated rings. The summed E-state index contributed by atoms with van der Waals surface area (Å²) in [6, 6.07) is 28.3. The molecule has 146 valence electrons. The van der Waals surface area contributed by atoms with Gasteiger partial charge in [0, 0.05) is 36.3 Å². The first-order chi connectivity index (χ1) is 14.7. The summed E-state index contributed by atoms with van der Waals surface area (Å²) in [6.45, 7) is 0. The van der Waals surface area contributed by atoms with Crippen LogP contribution in [0.1, 0.15) is 0 Å². The predicted molar refractivity (Wildman–Crippen MR) is 117 cm³/mol. The van der Waals surface area contributed by atoms with E-state index in [0.29, 0.717) is 0 Å². The number of aromatic nitrogens is 6. The first kappa shape index (κ1) is 18.0. The fourth-order valence-electron chi connectivity index (χ4n) is 3.64. The van der Waals surface area contributed by atoms with Gasteiger partial charge in [0.1, 0.15) is 0 Å². The molecule has 0 aliphatic carbocycles. The van der Waals surface area contributed by atoms with Crippen LogP contribution < -0.4 is 0 Å². The molecule has 5 aromatic rings. The highest BCUT2D eigenvalue weighted by Gasteiger charge is 2.16. The molecular formula is C24H20N6. The van der Waals surface area contributed by atoms with Crippen LogP contribution in [-0.4, -0.2) is 29.5 Å². The molecule has 0 spiro atoms. The van der Waals surface area contributed by atoms with Gasteiger partial charge in [-0.1, -0.05) is 78.9 Å². The van der Waals surface area contributed by atoms with Crippen molar-refractivity contribution in [1.29, 1.82) is 0 Å². The normalized spacial score (nSPS) is 11.0. The summed E-state index contributed by atoms with van der Waals surface area (Å²) >= 11 is 0. The Morgan fingerprint density at radius 1 is 0.433 bits per heavy atom. The number of hydrogen-bond donors (Lipinski definition) is 0. The lowest BCUT2D eigenvalue weighted by Gasteiger charge is -2.07. The van der Waals surface area contributed by atoms with E-state index in [1.165, 1.54) is 0 Å². The lowest BCUT2D eigenvalue weighted by Crippen LogP contribution is -1.98. The maximum atomic E-state index is 4.44. The molecule has 30 heavy (non-hydrogen) atoms. The molecule has 0 radical (unpaired) electrons. The monoisotopic (exact) mass is 392 g/mol. The van der Waals surface area contributed by atoms with Gasteiger partial charge in [-0.15, -0.1) is 20.4 Å². The standard InChI is InChI=1S/C24H20N6/c1-29-21(17-10-5-3-6-11-17)25-27-23(29)19-14-9-15-20(16-19)24-28-26-22(30(24)2)18-12-7-4-8-13-18/h3-16H,1-2H3. The molecule has 0 unspecified atom stereocenters. The summed E-state index contributed by atoms with van der Waals surface area (Å²) in [5.41, 5.74) is 4.04. The summed E-state index contributed by atoms with van der Waals surface area (Å²) in [5.74, 6) is 3.28. The zero-order valence-corrected chi connectivity index (χ0v) is 16.8. The molecule has 0 N–H and O–H groups in total. The van der Waals surface area contributed by atoms with Crippen LogP contribution in [0.2, 0.25) is 0 Å². The van der Waals surface area contributed by atoms with Crippen molar-refractivity contribution < 1.29 is 0 Å². The van der Waals surface area contributed by atoms with E-state index in [-0.39, 0.29) is 0 Å². The molecule has 0 aliphatic rings. The zero-order chi connectivity index (χ0) is 20.5. The third kappa shape index (κ3) is 3.08. The van der Waals surface area contributed by atoms with Crippen LogP contribution in [0.3, 0.4) is 0 Å². The van der Waals surface area contributed by atoms with Gasteiger partial charge in [-0.2, -0.15) is 0 Å². The Labute approximate surface area is 174 Å². The number of hydrogen-bond acceptors (Lipinski definition) is 4. The Balaban J connectivity index is 1.54. The molecule has 2 aromatic heterocycles. The first-order valence-electron chi connectivity index (χ1n) is 9.73. The summed E-state index contributed by atoms with van der Waals surface area (Å²) in [7, 11) is 3.97. The average Bonchev–Trinajstić information content (AvgIpc) is 3.38. The summed E-state index contributed by atoms with van der Waals surface area (Å²) in [4.78, 5) is 0. The maximum Gasteiger partial charge on any atom is 0.163 e. The van der Waals surface area contributed by atoms with Crippen LogP contribution in [-0.2, 0) is 14.1 Å². The molecular weight excluding hydrogens is 372 g/mol. The average molecular weight is 392 g/mol. The minimum atomic E-state index is 0.807. The van der Waals surface area contributed by atoms with Gasteiger partial charge < -0.3 is 9.13 Å². The molecule has 6 nitrogen and oxygen atoms in total. The highest BCUT2D eigenvalue weighted by atomic mass is 15.3. The second kappa shape index (κ2) is 7.40. The van der Waals surface area contributed by atoms with Crippen molar-refractivity contribution in [2.75, 3.05) is 0 Å². The second-order valence-corrected chi connectivity index (χ2v) is 7.13. The fourth-order valence-corrected chi connectivity index (χ4v) is 3.64. The van der Waals surface area contributed by atoms with Crippen LogP contribution in [0, 0.1) is 0 Å². The van der Waals surface area contributed by atoms with E-state index in [1.807, 2.05) is 102 Å². The molecule has 0 bridgehead atoms. The van der Waals surface area contributed by atoms with Crippen molar-refractivity contribution in [3.63, 3.8) is 0 Å². The number of nitrogens with zero attached hydrogens (tertiary/aromatic N) is 6. The Kier molecular flexibility index (Phi) is 4.44. The van der Waals surface area contributed by atoms with Crippen molar-refractivity contribution in [3.05, 3.63) is 84.9 Å². The van der Waals surface area contributed by atoms with Gasteiger partial charge >= 0.3 is 0 Å². The van der Waals surface area contributed by atoms with Gasteiger partial charge in [0.2, 0.25) is 0 Å². The van der Waals surface area contributed by atoms with Crippen LogP contribution >= 0.6 is 0 Å². The molecule has 0 saturated heterocycles. The van der Waals surface area contributed by atoms with E-state index in [0.717, 1.165) is 45.6 Å². The SMILES string of the molecule is Cn1c(-c2ccccc2)nnc1-c1cccc(-c2nnc(-c3ccccc3)n2C)c1. The van der Waals surface area contributed by atoms with Crippen LogP contribution in [0.4, 0.5) is 0 Å². The number of benzene rings is 3. The van der Waals surface area contributed by atoms with Gasteiger partial charge in [-0.3, -0.25) is 0 Å². The number of rotatable bonds is 4. The topological polar surface area (TPSA) is 61.4 Å².